The molecule has 0 aromatic heterocycles. The number of rotatable bonds is 7. The third-order valence-electron chi connectivity index (χ3n) is 3.77. The molecule has 0 heterocycles. The minimum atomic E-state index is 0.154. The number of hydrogen-bond donors (Lipinski definition) is 0. The lowest BCUT2D eigenvalue weighted by atomic mass is 10.1. The average molecular weight is 329 g/mol. The molecule has 2 aromatic carbocycles. The second kappa shape index (κ2) is 8.63. The van der Waals surface area contributed by atoms with Crippen molar-refractivity contribution in [2.45, 2.75) is 24.3 Å². The van der Waals surface area contributed by atoms with Crippen molar-refractivity contribution in [3.8, 4) is 5.75 Å². The SMILES string of the molecule is COc1cccc(CCC(=O)N(C)Cc2ccc(SC)cc2)c1. The zero-order valence-electron chi connectivity index (χ0n) is 13.9. The Morgan fingerprint density at radius 1 is 1.13 bits per heavy atom. The molecule has 0 aliphatic rings. The van der Waals surface area contributed by atoms with E-state index in [0.29, 0.717) is 13.0 Å². The third-order valence-corrected chi connectivity index (χ3v) is 4.51. The minimum Gasteiger partial charge on any atom is -0.497 e. The van der Waals surface area contributed by atoms with E-state index in [1.54, 1.807) is 23.8 Å². The van der Waals surface area contributed by atoms with Gasteiger partial charge in [0.05, 0.1) is 7.11 Å². The Hall–Kier alpha value is -1.94. The fourth-order valence-electron chi connectivity index (χ4n) is 2.36. The highest BCUT2D eigenvalue weighted by molar-refractivity contribution is 7.98. The summed E-state index contributed by atoms with van der Waals surface area (Å²) in [6.45, 7) is 0.644. The van der Waals surface area contributed by atoms with Crippen LogP contribution in [0.4, 0.5) is 0 Å². The van der Waals surface area contributed by atoms with Gasteiger partial charge in [0.2, 0.25) is 5.91 Å². The number of nitrogens with zero attached hydrogens (tertiary/aromatic N) is 1. The number of carbonyl (C=O) groups is 1. The first-order valence-electron chi connectivity index (χ1n) is 7.62. The molecule has 0 saturated carbocycles. The summed E-state index contributed by atoms with van der Waals surface area (Å²) in [4.78, 5) is 15.3. The molecule has 3 nitrogen and oxygen atoms in total. The fourth-order valence-corrected chi connectivity index (χ4v) is 2.77. The van der Waals surface area contributed by atoms with Crippen LogP contribution in [0.2, 0.25) is 0 Å². The standard InChI is InChI=1S/C19H23NO2S/c1-20(14-16-7-10-18(23-3)11-8-16)19(21)12-9-15-5-4-6-17(13-15)22-2/h4-8,10-11,13H,9,12,14H2,1-3H3. The van der Waals surface area contributed by atoms with Crippen LogP contribution in [0.5, 0.6) is 5.75 Å². The van der Waals surface area contributed by atoms with Gasteiger partial charge in [-0.25, -0.2) is 0 Å². The molecule has 4 heteroatoms. The monoisotopic (exact) mass is 329 g/mol. The van der Waals surface area contributed by atoms with E-state index >= 15 is 0 Å². The summed E-state index contributed by atoms with van der Waals surface area (Å²) in [5.74, 6) is 0.985. The molecule has 23 heavy (non-hydrogen) atoms. The van der Waals surface area contributed by atoms with Crippen LogP contribution in [0.25, 0.3) is 0 Å². The largest absolute Gasteiger partial charge is 0.497 e. The second-order valence-electron chi connectivity index (χ2n) is 5.45. The van der Waals surface area contributed by atoms with E-state index in [2.05, 4.69) is 30.5 Å². The summed E-state index contributed by atoms with van der Waals surface area (Å²) in [6, 6.07) is 16.2. The number of hydrogen-bond acceptors (Lipinski definition) is 3. The molecule has 0 spiro atoms. The number of amides is 1. The Morgan fingerprint density at radius 3 is 2.52 bits per heavy atom. The molecular weight excluding hydrogens is 306 g/mol. The second-order valence-corrected chi connectivity index (χ2v) is 6.33. The van der Waals surface area contributed by atoms with Crippen LogP contribution in [0.3, 0.4) is 0 Å². The van der Waals surface area contributed by atoms with Gasteiger partial charge >= 0.3 is 0 Å². The van der Waals surface area contributed by atoms with Gasteiger partial charge in [-0.1, -0.05) is 24.3 Å². The molecule has 2 aromatic rings. The van der Waals surface area contributed by atoms with Gasteiger partial charge in [-0.3, -0.25) is 4.79 Å². The van der Waals surface area contributed by atoms with E-state index < -0.39 is 0 Å². The molecule has 0 saturated heterocycles. The zero-order valence-corrected chi connectivity index (χ0v) is 14.7. The third kappa shape index (κ3) is 5.32. The van der Waals surface area contributed by atoms with Gasteiger partial charge in [-0.15, -0.1) is 11.8 Å². The Bertz CT molecular complexity index is 640. The van der Waals surface area contributed by atoms with Gasteiger partial charge in [0.1, 0.15) is 5.75 Å². The number of thioether (sulfide) groups is 1. The van der Waals surface area contributed by atoms with Gasteiger partial charge in [0, 0.05) is 24.9 Å². The maximum Gasteiger partial charge on any atom is 0.222 e. The van der Waals surface area contributed by atoms with Crippen LogP contribution in [0.1, 0.15) is 17.5 Å². The van der Waals surface area contributed by atoms with Crippen LogP contribution in [0.15, 0.2) is 53.4 Å². The van der Waals surface area contributed by atoms with Gasteiger partial charge in [-0.2, -0.15) is 0 Å². The lowest BCUT2D eigenvalue weighted by Crippen LogP contribution is -2.26. The van der Waals surface area contributed by atoms with E-state index in [0.717, 1.165) is 23.3 Å². The molecule has 0 bridgehead atoms. The number of methoxy groups -OCH3 is 1. The molecule has 0 atom stereocenters. The van der Waals surface area contributed by atoms with Crippen molar-refractivity contribution < 1.29 is 9.53 Å². The van der Waals surface area contributed by atoms with Crippen molar-refractivity contribution in [1.82, 2.24) is 4.90 Å². The molecule has 2 rings (SSSR count). The highest BCUT2D eigenvalue weighted by Crippen LogP contribution is 2.17. The van der Waals surface area contributed by atoms with Crippen molar-refractivity contribution in [3.63, 3.8) is 0 Å². The van der Waals surface area contributed by atoms with Crippen LogP contribution >= 0.6 is 11.8 Å². The van der Waals surface area contributed by atoms with Gasteiger partial charge in [-0.05, 0) is 48.1 Å². The first-order chi connectivity index (χ1) is 11.1. The predicted molar refractivity (Wildman–Crippen MR) is 96.0 cm³/mol. The van der Waals surface area contributed by atoms with E-state index in [-0.39, 0.29) is 5.91 Å². The number of carbonyl (C=O) groups excluding carboxylic acids is 1. The maximum atomic E-state index is 12.3. The molecule has 122 valence electrons. The van der Waals surface area contributed by atoms with E-state index in [1.807, 2.05) is 31.3 Å². The first-order valence-corrected chi connectivity index (χ1v) is 8.84. The van der Waals surface area contributed by atoms with Gasteiger partial charge in [0.15, 0.2) is 0 Å². The topological polar surface area (TPSA) is 29.5 Å². The fraction of sp³-hybridized carbons (Fsp3) is 0.316. The highest BCUT2D eigenvalue weighted by Gasteiger charge is 2.10. The van der Waals surface area contributed by atoms with Crippen LogP contribution in [0, 0.1) is 0 Å². The quantitative estimate of drug-likeness (QED) is 0.719. The summed E-state index contributed by atoms with van der Waals surface area (Å²) in [7, 11) is 3.51. The Kier molecular flexibility index (Phi) is 6.53. The van der Waals surface area contributed by atoms with Crippen molar-refractivity contribution in [3.05, 3.63) is 59.7 Å². The predicted octanol–water partition coefficient (Wildman–Crippen LogP) is 4.01. The summed E-state index contributed by atoms with van der Waals surface area (Å²) < 4.78 is 5.21. The number of benzene rings is 2. The van der Waals surface area contributed by atoms with Gasteiger partial charge < -0.3 is 9.64 Å². The Labute approximate surface area is 142 Å². The molecule has 0 aliphatic heterocycles. The van der Waals surface area contributed by atoms with Crippen LogP contribution in [-0.4, -0.2) is 31.2 Å². The Balaban J connectivity index is 1.86. The molecule has 0 N–H and O–H groups in total. The summed E-state index contributed by atoms with van der Waals surface area (Å²) in [6.07, 6.45) is 3.29. The summed E-state index contributed by atoms with van der Waals surface area (Å²) in [5.41, 5.74) is 2.27. The first kappa shape index (κ1) is 17.4. The Morgan fingerprint density at radius 2 is 1.87 bits per heavy atom. The molecule has 0 unspecified atom stereocenters. The molecule has 0 aliphatic carbocycles. The maximum absolute atomic E-state index is 12.3. The van der Waals surface area contributed by atoms with E-state index in [1.165, 1.54) is 4.90 Å². The molecule has 1 amide bonds. The number of aryl methyl sites for hydroxylation is 1. The average Bonchev–Trinajstić information content (AvgIpc) is 2.60. The normalized spacial score (nSPS) is 10.4. The van der Waals surface area contributed by atoms with Crippen molar-refractivity contribution in [1.29, 1.82) is 0 Å². The lowest BCUT2D eigenvalue weighted by molar-refractivity contribution is -0.130. The summed E-state index contributed by atoms with van der Waals surface area (Å²) in [5, 5.41) is 0. The smallest absolute Gasteiger partial charge is 0.222 e. The van der Waals surface area contributed by atoms with Crippen molar-refractivity contribution in [2.75, 3.05) is 20.4 Å². The minimum absolute atomic E-state index is 0.154. The van der Waals surface area contributed by atoms with Crippen molar-refractivity contribution in [2.24, 2.45) is 0 Å². The van der Waals surface area contributed by atoms with Gasteiger partial charge in [0.25, 0.3) is 0 Å². The molecule has 0 radical (unpaired) electrons. The molecule has 0 fully saturated rings. The molecular formula is C19H23NO2S. The zero-order chi connectivity index (χ0) is 16.7. The van der Waals surface area contributed by atoms with E-state index in [4.69, 9.17) is 4.74 Å². The van der Waals surface area contributed by atoms with Crippen LogP contribution in [-0.2, 0) is 17.8 Å². The van der Waals surface area contributed by atoms with Crippen LogP contribution < -0.4 is 4.74 Å². The summed E-state index contributed by atoms with van der Waals surface area (Å²) >= 11 is 1.72. The van der Waals surface area contributed by atoms with Crippen molar-refractivity contribution >= 4 is 17.7 Å². The lowest BCUT2D eigenvalue weighted by Gasteiger charge is -2.17. The highest BCUT2D eigenvalue weighted by atomic mass is 32.2. The van der Waals surface area contributed by atoms with E-state index in [9.17, 15) is 4.79 Å². The number of ether oxygens (including phenoxy) is 1.